The first-order valence-electron chi connectivity index (χ1n) is 12.4. The number of aromatic nitrogens is 3. The highest BCUT2D eigenvalue weighted by Gasteiger charge is 2.19. The predicted octanol–water partition coefficient (Wildman–Crippen LogP) is 6.07. The molecule has 3 heterocycles. The summed E-state index contributed by atoms with van der Waals surface area (Å²) in [5, 5.41) is 5.05. The maximum absolute atomic E-state index is 6.01. The highest BCUT2D eigenvalue weighted by molar-refractivity contribution is 6.30. The van der Waals surface area contributed by atoms with Crippen LogP contribution in [0.3, 0.4) is 0 Å². The molecule has 1 atom stereocenters. The number of fused-ring (bicyclic) bond motifs is 1. The summed E-state index contributed by atoms with van der Waals surface area (Å²) in [6.45, 7) is 8.84. The predicted molar refractivity (Wildman–Crippen MR) is 146 cm³/mol. The lowest BCUT2D eigenvalue weighted by atomic mass is 10.0. The first-order valence-corrected chi connectivity index (χ1v) is 12.8. The molecule has 2 N–H and O–H groups in total. The number of pyridine rings is 2. The SMILES string of the molecule is CCN(CC)CCCOc1cnc2[nH]cc(C(OC)c3ccc(NCc4ccc(Cl)cc4)nc3)c2c1. The van der Waals surface area contributed by atoms with Gasteiger partial charge < -0.3 is 24.7 Å². The number of anilines is 1. The second kappa shape index (κ2) is 12.7. The number of H-pyrrole nitrogens is 1. The van der Waals surface area contributed by atoms with Crippen molar-refractivity contribution in [3.8, 4) is 5.75 Å². The van der Waals surface area contributed by atoms with Crippen LogP contribution in [0, 0.1) is 0 Å². The van der Waals surface area contributed by atoms with Crippen molar-refractivity contribution in [1.29, 1.82) is 0 Å². The van der Waals surface area contributed by atoms with Crippen molar-refractivity contribution in [1.82, 2.24) is 19.9 Å². The van der Waals surface area contributed by atoms with Crippen molar-refractivity contribution in [2.75, 3.05) is 38.7 Å². The van der Waals surface area contributed by atoms with Gasteiger partial charge in [0, 0.05) is 54.1 Å². The molecule has 0 aliphatic carbocycles. The topological polar surface area (TPSA) is 75.3 Å². The van der Waals surface area contributed by atoms with Crippen LogP contribution in [-0.4, -0.2) is 53.2 Å². The molecule has 0 bridgehead atoms. The molecule has 36 heavy (non-hydrogen) atoms. The number of hydrogen-bond donors (Lipinski definition) is 2. The average molecular weight is 508 g/mol. The molecule has 4 aromatic rings. The van der Waals surface area contributed by atoms with Crippen molar-refractivity contribution < 1.29 is 9.47 Å². The monoisotopic (exact) mass is 507 g/mol. The second-order valence-corrected chi connectivity index (χ2v) is 9.05. The maximum Gasteiger partial charge on any atom is 0.138 e. The molecule has 0 saturated heterocycles. The van der Waals surface area contributed by atoms with Crippen LogP contribution in [0.1, 0.15) is 43.1 Å². The van der Waals surface area contributed by atoms with Crippen molar-refractivity contribution in [2.24, 2.45) is 0 Å². The Hall–Kier alpha value is -3.13. The normalized spacial score (nSPS) is 12.2. The molecule has 0 saturated carbocycles. The highest BCUT2D eigenvalue weighted by atomic mass is 35.5. The Kier molecular flexibility index (Phi) is 9.17. The summed E-state index contributed by atoms with van der Waals surface area (Å²) in [6.07, 6.45) is 6.26. The van der Waals surface area contributed by atoms with Crippen LogP contribution < -0.4 is 10.1 Å². The van der Waals surface area contributed by atoms with Crippen molar-refractivity contribution >= 4 is 28.5 Å². The van der Waals surface area contributed by atoms with Gasteiger partial charge in [0.05, 0.1) is 12.8 Å². The van der Waals surface area contributed by atoms with E-state index in [1.165, 1.54) is 0 Å². The van der Waals surface area contributed by atoms with E-state index in [4.69, 9.17) is 21.1 Å². The quantitative estimate of drug-likeness (QED) is 0.214. The van der Waals surface area contributed by atoms with Crippen LogP contribution in [0.15, 0.2) is 61.1 Å². The Morgan fingerprint density at radius 3 is 2.56 bits per heavy atom. The summed E-state index contributed by atoms with van der Waals surface area (Å²) in [5.74, 6) is 1.56. The largest absolute Gasteiger partial charge is 0.492 e. The van der Waals surface area contributed by atoms with Gasteiger partial charge in [-0.1, -0.05) is 43.6 Å². The molecule has 8 heteroatoms. The van der Waals surface area contributed by atoms with Gasteiger partial charge in [0.25, 0.3) is 0 Å². The van der Waals surface area contributed by atoms with Crippen LogP contribution >= 0.6 is 11.6 Å². The van der Waals surface area contributed by atoms with Gasteiger partial charge >= 0.3 is 0 Å². The third-order valence-corrected chi connectivity index (χ3v) is 6.57. The number of methoxy groups -OCH3 is 1. The molecule has 0 amide bonds. The van der Waals surface area contributed by atoms with Crippen LogP contribution in [0.4, 0.5) is 5.82 Å². The molecule has 1 aromatic carbocycles. The zero-order chi connectivity index (χ0) is 25.3. The van der Waals surface area contributed by atoms with Gasteiger partial charge in [0.2, 0.25) is 0 Å². The van der Waals surface area contributed by atoms with Crippen LogP contribution in [0.25, 0.3) is 11.0 Å². The Bertz CT molecular complexity index is 1220. The smallest absolute Gasteiger partial charge is 0.138 e. The number of benzene rings is 1. The van der Waals surface area contributed by atoms with E-state index in [9.17, 15) is 0 Å². The van der Waals surface area contributed by atoms with Gasteiger partial charge in [-0.25, -0.2) is 9.97 Å². The minimum Gasteiger partial charge on any atom is -0.492 e. The van der Waals surface area contributed by atoms with E-state index in [0.717, 1.165) is 70.4 Å². The summed E-state index contributed by atoms with van der Waals surface area (Å²) in [7, 11) is 1.71. The molecule has 0 fully saturated rings. The molecule has 0 radical (unpaired) electrons. The van der Waals surface area contributed by atoms with E-state index in [1.807, 2.05) is 54.9 Å². The first kappa shape index (κ1) is 25.9. The number of nitrogens with one attached hydrogen (secondary N) is 2. The minimum absolute atomic E-state index is 0.281. The fourth-order valence-corrected chi connectivity index (χ4v) is 4.35. The molecular formula is C28H34ClN5O2. The Morgan fingerprint density at radius 2 is 1.86 bits per heavy atom. The number of rotatable bonds is 13. The van der Waals surface area contributed by atoms with Gasteiger partial charge in [0.15, 0.2) is 0 Å². The Morgan fingerprint density at radius 1 is 1.06 bits per heavy atom. The average Bonchev–Trinajstić information content (AvgIpc) is 3.33. The van der Waals surface area contributed by atoms with E-state index in [-0.39, 0.29) is 6.10 Å². The van der Waals surface area contributed by atoms with Crippen molar-refractivity contribution in [3.63, 3.8) is 0 Å². The summed E-state index contributed by atoms with van der Waals surface area (Å²) < 4.78 is 11.9. The third-order valence-electron chi connectivity index (χ3n) is 6.31. The molecule has 4 rings (SSSR count). The Balaban J connectivity index is 1.42. The standard InChI is InChI=1S/C28H34ClN5O2/c1-4-34(5-2)13-6-14-36-23-15-24-25(19-33-28(24)32-18-23)27(35-3)21-9-12-26(31-17-21)30-16-20-7-10-22(29)11-8-20/h7-12,15,17-19,27H,4-6,13-14,16H2,1-3H3,(H,30,31)(H,32,33). The third kappa shape index (κ3) is 6.55. The van der Waals surface area contributed by atoms with Crippen LogP contribution in [0.2, 0.25) is 5.02 Å². The highest BCUT2D eigenvalue weighted by Crippen LogP contribution is 2.32. The lowest BCUT2D eigenvalue weighted by Gasteiger charge is -2.18. The summed E-state index contributed by atoms with van der Waals surface area (Å²) in [4.78, 5) is 14.8. The van der Waals surface area contributed by atoms with E-state index in [0.29, 0.717) is 13.2 Å². The minimum atomic E-state index is -0.281. The number of hydrogen-bond acceptors (Lipinski definition) is 6. The van der Waals surface area contributed by atoms with E-state index >= 15 is 0 Å². The fourth-order valence-electron chi connectivity index (χ4n) is 4.22. The lowest BCUT2D eigenvalue weighted by Crippen LogP contribution is -2.25. The van der Waals surface area contributed by atoms with Crippen molar-refractivity contribution in [2.45, 2.75) is 32.9 Å². The zero-order valence-electron chi connectivity index (χ0n) is 21.1. The Labute approximate surface area is 217 Å². The molecule has 0 aliphatic heterocycles. The summed E-state index contributed by atoms with van der Waals surface area (Å²) in [5.41, 5.74) is 3.90. The number of nitrogens with zero attached hydrogens (tertiary/aromatic N) is 3. The fraction of sp³-hybridized carbons (Fsp3) is 0.357. The summed E-state index contributed by atoms with van der Waals surface area (Å²) in [6, 6.07) is 13.8. The molecule has 3 aromatic heterocycles. The first-order chi connectivity index (χ1) is 17.6. The zero-order valence-corrected chi connectivity index (χ0v) is 21.9. The van der Waals surface area contributed by atoms with Gasteiger partial charge in [-0.3, -0.25) is 0 Å². The number of halogens is 1. The van der Waals surface area contributed by atoms with E-state index in [2.05, 4.69) is 39.0 Å². The van der Waals surface area contributed by atoms with Gasteiger partial charge in [-0.2, -0.15) is 0 Å². The van der Waals surface area contributed by atoms with Gasteiger partial charge in [-0.15, -0.1) is 0 Å². The molecular weight excluding hydrogens is 474 g/mol. The van der Waals surface area contributed by atoms with Gasteiger partial charge in [-0.05, 0) is 49.3 Å². The van der Waals surface area contributed by atoms with E-state index in [1.54, 1.807) is 13.3 Å². The lowest BCUT2D eigenvalue weighted by molar-refractivity contribution is 0.137. The number of aromatic amines is 1. The molecule has 0 aliphatic rings. The van der Waals surface area contributed by atoms with Crippen molar-refractivity contribution in [3.05, 3.63) is 82.8 Å². The maximum atomic E-state index is 6.01. The summed E-state index contributed by atoms with van der Waals surface area (Å²) >= 11 is 5.97. The molecule has 1 unspecified atom stereocenters. The van der Waals surface area contributed by atoms with Crippen LogP contribution in [-0.2, 0) is 11.3 Å². The van der Waals surface area contributed by atoms with Gasteiger partial charge in [0.1, 0.15) is 23.3 Å². The van der Waals surface area contributed by atoms with Crippen LogP contribution in [0.5, 0.6) is 5.75 Å². The second-order valence-electron chi connectivity index (χ2n) is 8.61. The van der Waals surface area contributed by atoms with E-state index < -0.39 is 0 Å². The molecule has 190 valence electrons. The number of ether oxygens (including phenoxy) is 2. The molecule has 0 spiro atoms. The molecule has 7 nitrogen and oxygen atoms in total.